The molecule has 1 aliphatic rings. The van der Waals surface area contributed by atoms with Crippen molar-refractivity contribution in [3.63, 3.8) is 0 Å². The summed E-state index contributed by atoms with van der Waals surface area (Å²) in [6, 6.07) is 0.789. The number of alkyl halides is 3. The summed E-state index contributed by atoms with van der Waals surface area (Å²) in [6.07, 6.45) is -2.98. The van der Waals surface area contributed by atoms with Gasteiger partial charge < -0.3 is 5.32 Å². The number of carbonyl (C=O) groups is 1. The summed E-state index contributed by atoms with van der Waals surface area (Å²) in [5.74, 6) is -0.493. The Morgan fingerprint density at radius 3 is 2.71 bits per heavy atom. The number of rotatable bonds is 4. The lowest BCUT2D eigenvalue weighted by atomic mass is 10.1. The number of aromatic nitrogens is 2. The maximum atomic E-state index is 12.3. The first kappa shape index (κ1) is 15.8. The van der Waals surface area contributed by atoms with E-state index in [0.29, 0.717) is 6.42 Å². The van der Waals surface area contributed by atoms with Crippen molar-refractivity contribution in [3.8, 4) is 0 Å². The molecular formula is C11H14F3N3O3S. The Labute approximate surface area is 119 Å². The molecule has 0 bridgehead atoms. The van der Waals surface area contributed by atoms with Gasteiger partial charge in [0, 0.05) is 12.7 Å². The molecule has 0 aliphatic carbocycles. The Hall–Kier alpha value is -1.58. The van der Waals surface area contributed by atoms with E-state index in [1.54, 1.807) is 0 Å². The summed E-state index contributed by atoms with van der Waals surface area (Å²) in [5, 5.41) is 5.77. The predicted molar refractivity (Wildman–Crippen MR) is 67.0 cm³/mol. The highest BCUT2D eigenvalue weighted by Crippen LogP contribution is 2.27. The Morgan fingerprint density at radius 1 is 1.48 bits per heavy atom. The standard InChI is InChI=1S/C11H14F3N3O3S/c12-11(13,14)9-1-3-17(16-9)6-10(18)15-5-8-2-4-21(19,20)7-8/h1,3,8H,2,4-7H2,(H,15,18)/t8-/m0/s1. The molecule has 1 N–H and O–H groups in total. The van der Waals surface area contributed by atoms with E-state index in [1.807, 2.05) is 0 Å². The second-order valence-electron chi connectivity index (χ2n) is 4.97. The second-order valence-corrected chi connectivity index (χ2v) is 7.20. The highest BCUT2D eigenvalue weighted by Gasteiger charge is 2.33. The number of hydrogen-bond donors (Lipinski definition) is 1. The molecule has 0 saturated carbocycles. The first-order valence-electron chi connectivity index (χ1n) is 6.23. The first-order chi connectivity index (χ1) is 9.66. The van der Waals surface area contributed by atoms with Gasteiger partial charge in [0.25, 0.3) is 0 Å². The van der Waals surface area contributed by atoms with Gasteiger partial charge in [0.1, 0.15) is 6.54 Å². The van der Waals surface area contributed by atoms with E-state index < -0.39 is 27.6 Å². The summed E-state index contributed by atoms with van der Waals surface area (Å²) in [4.78, 5) is 11.6. The van der Waals surface area contributed by atoms with E-state index in [4.69, 9.17) is 0 Å². The molecule has 0 unspecified atom stereocenters. The molecule has 1 fully saturated rings. The van der Waals surface area contributed by atoms with Gasteiger partial charge in [0.2, 0.25) is 5.91 Å². The number of nitrogens with zero attached hydrogens (tertiary/aromatic N) is 2. The number of amides is 1. The van der Waals surface area contributed by atoms with E-state index >= 15 is 0 Å². The number of hydrogen-bond acceptors (Lipinski definition) is 4. The van der Waals surface area contributed by atoms with Crippen LogP contribution in [0.25, 0.3) is 0 Å². The maximum absolute atomic E-state index is 12.3. The highest BCUT2D eigenvalue weighted by atomic mass is 32.2. The lowest BCUT2D eigenvalue weighted by molar-refractivity contribution is -0.141. The maximum Gasteiger partial charge on any atom is 0.435 e. The molecule has 10 heteroatoms. The zero-order chi connectivity index (χ0) is 15.7. The van der Waals surface area contributed by atoms with Crippen LogP contribution in [0, 0.1) is 5.92 Å². The van der Waals surface area contributed by atoms with Crippen LogP contribution in [0.1, 0.15) is 12.1 Å². The first-order valence-corrected chi connectivity index (χ1v) is 8.06. The second kappa shape index (κ2) is 5.66. The minimum atomic E-state index is -4.54. The number of carbonyl (C=O) groups excluding carboxylic acids is 1. The molecule has 1 saturated heterocycles. The van der Waals surface area contributed by atoms with Crippen molar-refractivity contribution in [2.75, 3.05) is 18.1 Å². The quantitative estimate of drug-likeness (QED) is 0.872. The summed E-state index contributed by atoms with van der Waals surface area (Å²) in [5.41, 5.74) is -1.06. The van der Waals surface area contributed by atoms with Gasteiger partial charge in [0.05, 0.1) is 11.5 Å². The average Bonchev–Trinajstić information content (AvgIpc) is 2.92. The third-order valence-electron chi connectivity index (χ3n) is 3.15. The summed E-state index contributed by atoms with van der Waals surface area (Å²) in [6.45, 7) is -0.138. The van der Waals surface area contributed by atoms with Crippen LogP contribution in [0.15, 0.2) is 12.3 Å². The van der Waals surface area contributed by atoms with Crippen molar-refractivity contribution in [2.45, 2.75) is 19.1 Å². The molecule has 1 amide bonds. The van der Waals surface area contributed by atoms with Crippen molar-refractivity contribution in [1.82, 2.24) is 15.1 Å². The van der Waals surface area contributed by atoms with Crippen molar-refractivity contribution in [2.24, 2.45) is 5.92 Å². The fourth-order valence-corrected chi connectivity index (χ4v) is 3.96. The monoisotopic (exact) mass is 325 g/mol. The molecule has 1 atom stereocenters. The highest BCUT2D eigenvalue weighted by molar-refractivity contribution is 7.91. The van der Waals surface area contributed by atoms with Gasteiger partial charge in [-0.2, -0.15) is 18.3 Å². The van der Waals surface area contributed by atoms with Gasteiger partial charge in [-0.15, -0.1) is 0 Å². The van der Waals surface area contributed by atoms with Crippen molar-refractivity contribution >= 4 is 15.7 Å². The minimum absolute atomic E-state index is 0.0350. The third kappa shape index (κ3) is 4.45. The third-order valence-corrected chi connectivity index (χ3v) is 4.99. The van der Waals surface area contributed by atoms with Crippen molar-refractivity contribution in [3.05, 3.63) is 18.0 Å². The van der Waals surface area contributed by atoms with Crippen LogP contribution in [0.5, 0.6) is 0 Å². The molecule has 2 heterocycles. The lowest BCUT2D eigenvalue weighted by Crippen LogP contribution is -2.32. The van der Waals surface area contributed by atoms with Crippen molar-refractivity contribution < 1.29 is 26.4 Å². The molecule has 6 nitrogen and oxygen atoms in total. The molecular weight excluding hydrogens is 311 g/mol. The molecule has 0 spiro atoms. The molecule has 0 aromatic carbocycles. The summed E-state index contributed by atoms with van der Waals surface area (Å²) >= 11 is 0. The number of sulfone groups is 1. The number of halogens is 3. The van der Waals surface area contributed by atoms with Crippen LogP contribution in [0.2, 0.25) is 0 Å². The Balaban J connectivity index is 1.81. The van der Waals surface area contributed by atoms with E-state index in [0.717, 1.165) is 16.9 Å². The van der Waals surface area contributed by atoms with E-state index in [2.05, 4.69) is 10.4 Å². The van der Waals surface area contributed by atoms with Crippen LogP contribution < -0.4 is 5.32 Å². The van der Waals surface area contributed by atoms with Gasteiger partial charge in [0.15, 0.2) is 15.5 Å². The molecule has 1 aromatic rings. The van der Waals surface area contributed by atoms with Crippen LogP contribution in [0.3, 0.4) is 0 Å². The van der Waals surface area contributed by atoms with Crippen LogP contribution >= 0.6 is 0 Å². The van der Waals surface area contributed by atoms with Crippen LogP contribution in [-0.4, -0.2) is 42.2 Å². The minimum Gasteiger partial charge on any atom is -0.354 e. The summed E-state index contributed by atoms with van der Waals surface area (Å²) in [7, 11) is -3.01. The van der Waals surface area contributed by atoms with Gasteiger partial charge in [-0.25, -0.2) is 8.42 Å². The Bertz CT molecular complexity index is 624. The Morgan fingerprint density at radius 2 is 2.19 bits per heavy atom. The van der Waals surface area contributed by atoms with E-state index in [-0.39, 0.29) is 30.5 Å². The molecule has 1 aromatic heterocycles. The van der Waals surface area contributed by atoms with Gasteiger partial charge >= 0.3 is 6.18 Å². The summed E-state index contributed by atoms with van der Waals surface area (Å²) < 4.78 is 60.4. The normalized spacial score (nSPS) is 21.4. The zero-order valence-corrected chi connectivity index (χ0v) is 11.7. The van der Waals surface area contributed by atoms with E-state index in [9.17, 15) is 26.4 Å². The van der Waals surface area contributed by atoms with E-state index in [1.165, 1.54) is 0 Å². The molecule has 2 rings (SSSR count). The lowest BCUT2D eigenvalue weighted by Gasteiger charge is -2.09. The average molecular weight is 325 g/mol. The van der Waals surface area contributed by atoms with Crippen LogP contribution in [-0.2, 0) is 27.4 Å². The fraction of sp³-hybridized carbons (Fsp3) is 0.636. The largest absolute Gasteiger partial charge is 0.435 e. The zero-order valence-electron chi connectivity index (χ0n) is 10.9. The molecule has 0 radical (unpaired) electrons. The van der Waals surface area contributed by atoms with Crippen LogP contribution in [0.4, 0.5) is 13.2 Å². The SMILES string of the molecule is O=C(Cn1ccc(C(F)(F)F)n1)NC[C@@H]1CCS(=O)(=O)C1. The topological polar surface area (TPSA) is 81.1 Å². The van der Waals surface area contributed by atoms with Crippen molar-refractivity contribution in [1.29, 1.82) is 0 Å². The number of nitrogens with one attached hydrogen (secondary N) is 1. The van der Waals surface area contributed by atoms with Gasteiger partial charge in [-0.3, -0.25) is 9.48 Å². The smallest absolute Gasteiger partial charge is 0.354 e. The van der Waals surface area contributed by atoms with Gasteiger partial charge in [-0.05, 0) is 18.4 Å². The molecule has 21 heavy (non-hydrogen) atoms. The molecule has 1 aliphatic heterocycles. The Kier molecular flexibility index (Phi) is 4.26. The molecule has 118 valence electrons. The predicted octanol–water partition coefficient (Wildman–Crippen LogP) is 0.453. The van der Waals surface area contributed by atoms with Gasteiger partial charge in [-0.1, -0.05) is 0 Å². The fourth-order valence-electron chi connectivity index (χ4n) is 2.10.